The Morgan fingerprint density at radius 2 is 2.18 bits per heavy atom. The van der Waals surface area contributed by atoms with Crippen LogP contribution in [0.2, 0.25) is 4.82 Å². The summed E-state index contributed by atoms with van der Waals surface area (Å²) in [6.07, 6.45) is 3.97. The summed E-state index contributed by atoms with van der Waals surface area (Å²) in [6, 6.07) is 10.7. The van der Waals surface area contributed by atoms with Gasteiger partial charge in [0.25, 0.3) is 0 Å². The van der Waals surface area contributed by atoms with Crippen LogP contribution in [0.3, 0.4) is 0 Å². The number of hydrogen-bond acceptors (Lipinski definition) is 2. The fourth-order valence-electron chi connectivity index (χ4n) is 3.19. The minimum absolute atomic E-state index is 0.126. The van der Waals surface area contributed by atoms with Gasteiger partial charge in [0.05, 0.1) is 0 Å². The van der Waals surface area contributed by atoms with Gasteiger partial charge in [-0.3, -0.25) is 0 Å². The van der Waals surface area contributed by atoms with Crippen molar-refractivity contribution in [2.45, 2.75) is 35.2 Å². The van der Waals surface area contributed by atoms with Crippen LogP contribution >= 0.6 is 0 Å². The molecule has 3 heterocycles. The third-order valence-corrected chi connectivity index (χ3v) is 6.94. The summed E-state index contributed by atoms with van der Waals surface area (Å²) in [5.74, 6) is 0. The van der Waals surface area contributed by atoms with E-state index < -0.39 is 0 Å². The Kier molecular flexibility index (Phi) is 2.10. The van der Waals surface area contributed by atoms with Crippen LogP contribution < -0.4 is 4.46 Å². The normalized spacial score (nSPS) is 45.6. The molecule has 4 rings (SSSR count). The molecule has 0 radical (unpaired) electrons. The average Bonchev–Trinajstić information content (AvgIpc) is 2.79. The Morgan fingerprint density at radius 3 is 2.82 bits per heavy atom. The van der Waals surface area contributed by atoms with Gasteiger partial charge in [-0.2, -0.15) is 0 Å². The first-order valence-electron chi connectivity index (χ1n) is 6.01. The van der Waals surface area contributed by atoms with Crippen molar-refractivity contribution < 1.29 is 9.47 Å². The van der Waals surface area contributed by atoms with Gasteiger partial charge in [0.1, 0.15) is 0 Å². The van der Waals surface area contributed by atoms with Crippen LogP contribution in [0.5, 0.6) is 0 Å². The molecule has 0 amide bonds. The van der Waals surface area contributed by atoms with E-state index in [1.165, 1.54) is 4.46 Å². The zero-order valence-electron chi connectivity index (χ0n) is 9.41. The van der Waals surface area contributed by atoms with Crippen LogP contribution in [0.15, 0.2) is 43.0 Å². The van der Waals surface area contributed by atoms with E-state index in [9.17, 15) is 0 Å². The Labute approximate surface area is 107 Å². The van der Waals surface area contributed by atoms with Crippen LogP contribution in [0.4, 0.5) is 0 Å². The summed E-state index contributed by atoms with van der Waals surface area (Å²) >= 11 is 0.457. The molecule has 3 heteroatoms. The molecule has 17 heavy (non-hydrogen) atoms. The quantitative estimate of drug-likeness (QED) is 0.618. The van der Waals surface area contributed by atoms with Crippen molar-refractivity contribution in [1.82, 2.24) is 0 Å². The number of hydrogen-bond donors (Lipinski definition) is 0. The molecular formula is C14H14O2Se. The Hall–Kier alpha value is -0.601. The molecule has 0 aliphatic carbocycles. The van der Waals surface area contributed by atoms with Gasteiger partial charge in [-0.05, 0) is 0 Å². The predicted molar refractivity (Wildman–Crippen MR) is 66.7 cm³/mol. The van der Waals surface area contributed by atoms with Crippen LogP contribution in [0, 0.1) is 0 Å². The first kappa shape index (κ1) is 10.3. The summed E-state index contributed by atoms with van der Waals surface area (Å²) in [7, 11) is 0. The standard InChI is InChI=1S/C14H14O2Se/c1-2-14-8-10-12(11(16-14)13(14)15-10)17-9-6-4-3-5-7-9/h2-7,10-13H,1,8H2. The monoisotopic (exact) mass is 294 g/mol. The van der Waals surface area contributed by atoms with E-state index in [2.05, 4.69) is 36.9 Å². The maximum atomic E-state index is 6.03. The molecular weight excluding hydrogens is 279 g/mol. The third kappa shape index (κ3) is 1.28. The second kappa shape index (κ2) is 3.46. The number of fused-ring (bicyclic) bond motifs is 1. The van der Waals surface area contributed by atoms with E-state index in [0.717, 1.165) is 6.42 Å². The molecule has 2 nitrogen and oxygen atoms in total. The SMILES string of the molecule is C=CC12CC3OC1C(O2)C3[Se]c1ccccc1. The number of benzene rings is 1. The molecule has 3 saturated heterocycles. The van der Waals surface area contributed by atoms with Crippen molar-refractivity contribution in [3.63, 3.8) is 0 Å². The van der Waals surface area contributed by atoms with Crippen molar-refractivity contribution in [2.24, 2.45) is 0 Å². The van der Waals surface area contributed by atoms with Crippen molar-refractivity contribution in [3.05, 3.63) is 43.0 Å². The van der Waals surface area contributed by atoms with E-state index in [4.69, 9.17) is 9.47 Å². The molecule has 0 saturated carbocycles. The third-order valence-electron chi connectivity index (χ3n) is 4.03. The molecule has 0 spiro atoms. The second-order valence-electron chi connectivity index (χ2n) is 4.94. The molecule has 1 aromatic carbocycles. The summed E-state index contributed by atoms with van der Waals surface area (Å²) in [5.41, 5.74) is -0.126. The Bertz CT molecular complexity index is 459. The van der Waals surface area contributed by atoms with E-state index in [1.807, 2.05) is 6.08 Å². The molecule has 0 aromatic heterocycles. The molecule has 5 atom stereocenters. The molecule has 5 unspecified atom stereocenters. The molecule has 1 aromatic rings. The summed E-state index contributed by atoms with van der Waals surface area (Å²) in [6.45, 7) is 3.88. The van der Waals surface area contributed by atoms with Crippen LogP contribution in [-0.4, -0.2) is 38.9 Å². The molecule has 3 fully saturated rings. The van der Waals surface area contributed by atoms with Crippen molar-refractivity contribution in [2.75, 3.05) is 0 Å². The van der Waals surface area contributed by atoms with Crippen molar-refractivity contribution in [1.29, 1.82) is 0 Å². The molecule has 88 valence electrons. The fourth-order valence-corrected chi connectivity index (χ4v) is 5.86. The van der Waals surface area contributed by atoms with Gasteiger partial charge in [0.2, 0.25) is 0 Å². The van der Waals surface area contributed by atoms with E-state index >= 15 is 0 Å². The molecule has 3 aliphatic heterocycles. The predicted octanol–water partition coefficient (Wildman–Crippen LogP) is 1.30. The van der Waals surface area contributed by atoms with Crippen LogP contribution in [-0.2, 0) is 9.47 Å². The summed E-state index contributed by atoms with van der Waals surface area (Å²) in [4.78, 5) is 0.594. The van der Waals surface area contributed by atoms with Gasteiger partial charge in [0, 0.05) is 0 Å². The number of ether oxygens (including phenoxy) is 2. The zero-order chi connectivity index (χ0) is 11.5. The molecule has 2 bridgehead atoms. The topological polar surface area (TPSA) is 18.5 Å². The maximum absolute atomic E-state index is 6.03. The zero-order valence-corrected chi connectivity index (χ0v) is 11.1. The number of rotatable bonds is 3. The van der Waals surface area contributed by atoms with Crippen LogP contribution in [0.25, 0.3) is 0 Å². The van der Waals surface area contributed by atoms with Gasteiger partial charge in [-0.25, -0.2) is 0 Å². The van der Waals surface area contributed by atoms with E-state index in [0.29, 0.717) is 38.1 Å². The summed E-state index contributed by atoms with van der Waals surface area (Å²) in [5, 5.41) is 0. The first-order chi connectivity index (χ1) is 8.32. The van der Waals surface area contributed by atoms with Gasteiger partial charge in [-0.15, -0.1) is 0 Å². The Morgan fingerprint density at radius 1 is 1.35 bits per heavy atom. The van der Waals surface area contributed by atoms with Gasteiger partial charge >= 0.3 is 107 Å². The molecule has 0 N–H and O–H groups in total. The second-order valence-corrected chi connectivity index (χ2v) is 7.56. The van der Waals surface area contributed by atoms with Crippen LogP contribution in [0.1, 0.15) is 6.42 Å². The average molecular weight is 293 g/mol. The molecule has 3 aliphatic rings. The van der Waals surface area contributed by atoms with E-state index in [-0.39, 0.29) is 5.60 Å². The van der Waals surface area contributed by atoms with Gasteiger partial charge in [-0.1, -0.05) is 0 Å². The Balaban J connectivity index is 1.55. The first-order valence-corrected chi connectivity index (χ1v) is 7.85. The summed E-state index contributed by atoms with van der Waals surface area (Å²) < 4.78 is 13.5. The fraction of sp³-hybridized carbons (Fsp3) is 0.429. The minimum atomic E-state index is -0.126. The van der Waals surface area contributed by atoms with Gasteiger partial charge < -0.3 is 0 Å². The van der Waals surface area contributed by atoms with Gasteiger partial charge in [0.15, 0.2) is 0 Å². The van der Waals surface area contributed by atoms with E-state index in [1.54, 1.807) is 0 Å². The van der Waals surface area contributed by atoms with Crippen molar-refractivity contribution in [3.8, 4) is 0 Å². The van der Waals surface area contributed by atoms with Crippen molar-refractivity contribution >= 4 is 19.4 Å².